The summed E-state index contributed by atoms with van der Waals surface area (Å²) in [6, 6.07) is 3.67. The van der Waals surface area contributed by atoms with Gasteiger partial charge in [-0.1, -0.05) is 39.2 Å². The Morgan fingerprint density at radius 3 is 2.50 bits per heavy atom. The molecule has 0 aromatic heterocycles. The van der Waals surface area contributed by atoms with Crippen LogP contribution in [0.2, 0.25) is 0 Å². The van der Waals surface area contributed by atoms with Gasteiger partial charge in [0.15, 0.2) is 0 Å². The van der Waals surface area contributed by atoms with E-state index in [0.717, 1.165) is 11.1 Å². The number of rotatable bonds is 6. The summed E-state index contributed by atoms with van der Waals surface area (Å²) >= 11 is 5.36. The number of thiocarbonyl (C=S) groups is 1. The Hall–Kier alpha value is -2.07. The lowest BCUT2D eigenvalue weighted by Crippen LogP contribution is -2.20. The molecule has 0 amide bonds. The third-order valence-corrected chi connectivity index (χ3v) is 3.58. The minimum atomic E-state index is 0.164. The van der Waals surface area contributed by atoms with Crippen LogP contribution in [0.25, 0.3) is 0 Å². The predicted octanol–water partition coefficient (Wildman–Crippen LogP) is 4.32. The van der Waals surface area contributed by atoms with Crippen molar-refractivity contribution >= 4 is 17.2 Å². The summed E-state index contributed by atoms with van der Waals surface area (Å²) in [6.07, 6.45) is 3.40. The number of hydrogen-bond acceptors (Lipinski definition) is 3. The van der Waals surface area contributed by atoms with E-state index in [1.165, 1.54) is 0 Å². The Morgan fingerprint density at radius 1 is 1.32 bits per heavy atom. The number of ether oxygens (including phenoxy) is 1. The van der Waals surface area contributed by atoms with E-state index in [4.69, 9.17) is 17.0 Å². The first-order chi connectivity index (χ1) is 10.3. The lowest BCUT2D eigenvalue weighted by molar-refractivity contribution is 0.309. The number of aromatic hydroxyl groups is 1. The summed E-state index contributed by atoms with van der Waals surface area (Å²) in [4.78, 5) is 0.428. The van der Waals surface area contributed by atoms with Gasteiger partial charge in [-0.25, -0.2) is 0 Å². The molecule has 1 aromatic carbocycles. The van der Waals surface area contributed by atoms with E-state index in [9.17, 15) is 5.11 Å². The zero-order valence-corrected chi connectivity index (χ0v) is 14.4. The van der Waals surface area contributed by atoms with E-state index in [2.05, 4.69) is 32.3 Å². The number of nitrogens with one attached hydrogen (secondary N) is 1. The van der Waals surface area contributed by atoms with Crippen molar-refractivity contribution in [3.05, 3.63) is 65.6 Å². The van der Waals surface area contributed by atoms with Gasteiger partial charge in [-0.05, 0) is 48.3 Å². The number of hydrogen-bond donors (Lipinski definition) is 2. The SMILES string of the molecule is C=C(/C=C\C(=C)OC)NC(=S)c1cc(C(C)C)c(C)cc1O. The summed E-state index contributed by atoms with van der Waals surface area (Å²) in [5, 5.41) is 13.1. The van der Waals surface area contributed by atoms with Crippen molar-refractivity contribution in [2.45, 2.75) is 26.7 Å². The van der Waals surface area contributed by atoms with Crippen LogP contribution in [0.4, 0.5) is 0 Å². The molecule has 0 aliphatic heterocycles. The average molecular weight is 317 g/mol. The highest BCUT2D eigenvalue weighted by Crippen LogP contribution is 2.27. The van der Waals surface area contributed by atoms with E-state index in [1.54, 1.807) is 25.3 Å². The normalized spacial score (nSPS) is 10.8. The van der Waals surface area contributed by atoms with Crippen LogP contribution in [0.15, 0.2) is 48.9 Å². The molecule has 3 nitrogen and oxygen atoms in total. The van der Waals surface area contributed by atoms with Crippen molar-refractivity contribution in [2.24, 2.45) is 0 Å². The zero-order valence-electron chi connectivity index (χ0n) is 13.6. The van der Waals surface area contributed by atoms with Crippen molar-refractivity contribution in [2.75, 3.05) is 7.11 Å². The summed E-state index contributed by atoms with van der Waals surface area (Å²) in [5.74, 6) is 1.04. The van der Waals surface area contributed by atoms with E-state index >= 15 is 0 Å². The second kappa shape index (κ2) is 7.80. The molecule has 4 heteroatoms. The molecule has 0 radical (unpaired) electrons. The minimum Gasteiger partial charge on any atom is -0.507 e. The lowest BCUT2D eigenvalue weighted by Gasteiger charge is -2.15. The Balaban J connectivity index is 2.94. The standard InChI is InChI=1S/C18H23NO2S/c1-11(2)15-10-16(17(20)9-12(15)3)18(22)19-13(4)7-8-14(5)21-6/h7-11,20H,4-5H2,1-3,6H3,(H,19,22)/b8-7-. The fourth-order valence-corrected chi connectivity index (χ4v) is 2.32. The van der Waals surface area contributed by atoms with E-state index in [0.29, 0.717) is 27.9 Å². The lowest BCUT2D eigenvalue weighted by atomic mass is 9.95. The molecule has 0 saturated carbocycles. The van der Waals surface area contributed by atoms with Gasteiger partial charge in [-0.3, -0.25) is 0 Å². The van der Waals surface area contributed by atoms with E-state index in [1.807, 2.05) is 13.0 Å². The minimum absolute atomic E-state index is 0.164. The molecule has 0 spiro atoms. The monoisotopic (exact) mass is 317 g/mol. The van der Waals surface area contributed by atoms with Gasteiger partial charge in [0.1, 0.15) is 16.5 Å². The summed E-state index contributed by atoms with van der Waals surface area (Å²) in [7, 11) is 1.55. The number of methoxy groups -OCH3 is 1. The first kappa shape index (κ1) is 18.0. The van der Waals surface area contributed by atoms with Gasteiger partial charge in [0.25, 0.3) is 0 Å². The average Bonchev–Trinajstić information content (AvgIpc) is 2.44. The van der Waals surface area contributed by atoms with Crippen LogP contribution < -0.4 is 5.32 Å². The molecule has 118 valence electrons. The molecule has 0 fully saturated rings. The largest absolute Gasteiger partial charge is 0.507 e. The summed E-state index contributed by atoms with van der Waals surface area (Å²) < 4.78 is 4.94. The molecule has 22 heavy (non-hydrogen) atoms. The van der Waals surface area contributed by atoms with Gasteiger partial charge >= 0.3 is 0 Å². The number of allylic oxidation sites excluding steroid dienone is 2. The van der Waals surface area contributed by atoms with Crippen LogP contribution in [0.5, 0.6) is 5.75 Å². The van der Waals surface area contributed by atoms with Crippen molar-refractivity contribution in [3.8, 4) is 5.75 Å². The zero-order chi connectivity index (χ0) is 16.9. The van der Waals surface area contributed by atoms with Gasteiger partial charge < -0.3 is 15.2 Å². The van der Waals surface area contributed by atoms with E-state index < -0.39 is 0 Å². The van der Waals surface area contributed by atoms with Crippen LogP contribution in [0.3, 0.4) is 0 Å². The van der Waals surface area contributed by atoms with Crippen LogP contribution in [-0.4, -0.2) is 17.2 Å². The van der Waals surface area contributed by atoms with Crippen LogP contribution >= 0.6 is 12.2 Å². The number of phenolic OH excluding ortho intramolecular Hbond substituents is 1. The van der Waals surface area contributed by atoms with Gasteiger partial charge in [-0.2, -0.15) is 0 Å². The quantitative estimate of drug-likeness (QED) is 0.466. The highest BCUT2D eigenvalue weighted by Gasteiger charge is 2.13. The molecule has 0 atom stereocenters. The van der Waals surface area contributed by atoms with Crippen molar-refractivity contribution in [3.63, 3.8) is 0 Å². The maximum absolute atomic E-state index is 10.1. The fourth-order valence-electron chi connectivity index (χ4n) is 2.03. The number of phenols is 1. The first-order valence-electron chi connectivity index (χ1n) is 7.01. The molecule has 2 N–H and O–H groups in total. The number of benzene rings is 1. The Labute approximate surface area is 138 Å². The highest BCUT2D eigenvalue weighted by atomic mass is 32.1. The maximum atomic E-state index is 10.1. The molecule has 1 rings (SSSR count). The third kappa shape index (κ3) is 4.74. The first-order valence-corrected chi connectivity index (χ1v) is 7.41. The second-order valence-electron chi connectivity index (χ2n) is 5.36. The molecule has 0 heterocycles. The van der Waals surface area contributed by atoms with Gasteiger partial charge in [0.2, 0.25) is 0 Å². The Kier molecular flexibility index (Phi) is 6.38. The topological polar surface area (TPSA) is 41.5 Å². The van der Waals surface area contributed by atoms with Crippen LogP contribution in [0, 0.1) is 6.92 Å². The van der Waals surface area contributed by atoms with Crippen molar-refractivity contribution in [1.29, 1.82) is 0 Å². The van der Waals surface area contributed by atoms with Crippen molar-refractivity contribution in [1.82, 2.24) is 5.32 Å². The molecule has 0 bridgehead atoms. The summed E-state index contributed by atoms with van der Waals surface area (Å²) in [6.45, 7) is 13.8. The molecular formula is C18H23NO2S. The maximum Gasteiger partial charge on any atom is 0.126 e. The molecule has 0 saturated heterocycles. The Morgan fingerprint density at radius 2 is 1.95 bits per heavy atom. The van der Waals surface area contributed by atoms with Crippen molar-refractivity contribution < 1.29 is 9.84 Å². The van der Waals surface area contributed by atoms with E-state index in [-0.39, 0.29) is 5.75 Å². The van der Waals surface area contributed by atoms with Gasteiger partial charge in [0, 0.05) is 5.70 Å². The molecule has 0 aliphatic rings. The van der Waals surface area contributed by atoms with Crippen LogP contribution in [-0.2, 0) is 4.74 Å². The van der Waals surface area contributed by atoms with Gasteiger partial charge in [-0.15, -0.1) is 0 Å². The highest BCUT2D eigenvalue weighted by molar-refractivity contribution is 7.80. The third-order valence-electron chi connectivity index (χ3n) is 3.26. The molecule has 0 aliphatic carbocycles. The predicted molar refractivity (Wildman–Crippen MR) is 96.2 cm³/mol. The van der Waals surface area contributed by atoms with Crippen LogP contribution in [0.1, 0.15) is 36.5 Å². The Bertz CT molecular complexity index is 630. The molecular weight excluding hydrogens is 294 g/mol. The smallest absolute Gasteiger partial charge is 0.126 e. The fraction of sp³-hybridized carbons (Fsp3) is 0.278. The number of aryl methyl sites for hydroxylation is 1. The summed E-state index contributed by atoms with van der Waals surface area (Å²) in [5.41, 5.74) is 3.40. The molecule has 0 unspecified atom stereocenters. The van der Waals surface area contributed by atoms with Gasteiger partial charge in [0.05, 0.1) is 12.7 Å². The molecule has 1 aromatic rings. The second-order valence-corrected chi connectivity index (χ2v) is 5.77.